The van der Waals surface area contributed by atoms with Gasteiger partial charge in [-0.3, -0.25) is 14.4 Å². The number of hydrogen-bond acceptors (Lipinski definition) is 9. The molecule has 7 fully saturated rings. The summed E-state index contributed by atoms with van der Waals surface area (Å²) in [4.78, 5) is 56.0. The zero-order chi connectivity index (χ0) is 60.9. The van der Waals surface area contributed by atoms with E-state index in [0.29, 0.717) is 94.7 Å². The van der Waals surface area contributed by atoms with Gasteiger partial charge in [0.1, 0.15) is 17.7 Å². The minimum absolute atomic E-state index is 0.00592. The first-order valence-electron chi connectivity index (χ1n) is 34.8. The van der Waals surface area contributed by atoms with Gasteiger partial charge in [-0.25, -0.2) is 0 Å². The van der Waals surface area contributed by atoms with E-state index < -0.39 is 67.7 Å². The molecular formula is C75H102N4O8. The Kier molecular flexibility index (Phi) is 13.7. The SMILES string of the molecule is CNCC[C@]1(C)C(=O)[C@H]2c3cc[nH]c3[C@H]3CC[C@@]2(C3)[C@@]2(C)[C@H]3[C@H](O)[C@@H]4Cn5cc([C@@H]6C(=O)[C@H](CCC(C)C)Cc7c6cc(C6CCCCC6)cc7C6(O)CCOCC6)c6[nH]cc(c65)CC[C@@](C)(C[C@@H](O)[C@H]5OC5(C)C)C5=C4[C@](C)(CC5=O)[C@@]3(C)CC[C@H]21. The zero-order valence-corrected chi connectivity index (χ0v) is 54.2. The quantitative estimate of drug-likeness (QED) is 0.0752. The Morgan fingerprint density at radius 1 is 0.885 bits per heavy atom. The number of aromatic nitrogens is 3. The number of carbonyl (C=O) groups is 3. The summed E-state index contributed by atoms with van der Waals surface area (Å²) in [5.41, 5.74) is 7.81. The molecule has 12 heteroatoms. The number of carbonyl (C=O) groups excluding carboxylic acids is 3. The maximum atomic E-state index is 16.2. The number of fused-ring (bicyclic) bond motifs is 9. The Hall–Kier alpha value is -4.17. The van der Waals surface area contributed by atoms with Crippen LogP contribution in [0.5, 0.6) is 0 Å². The van der Waals surface area contributed by atoms with E-state index in [0.717, 1.165) is 114 Å². The van der Waals surface area contributed by atoms with Gasteiger partial charge in [0.2, 0.25) is 0 Å². The van der Waals surface area contributed by atoms with Crippen LogP contribution >= 0.6 is 0 Å². The van der Waals surface area contributed by atoms with Crippen molar-refractivity contribution in [2.45, 2.75) is 250 Å². The Bertz CT molecular complexity index is 3500. The van der Waals surface area contributed by atoms with Gasteiger partial charge >= 0.3 is 0 Å². The van der Waals surface area contributed by atoms with E-state index in [4.69, 9.17) is 9.47 Å². The second-order valence-corrected chi connectivity index (χ2v) is 33.2. The molecule has 6 N–H and O–H groups in total. The molecule has 4 aromatic rings. The molecule has 15 rings (SSSR count). The van der Waals surface area contributed by atoms with Gasteiger partial charge in [0, 0.05) is 97.1 Å². The van der Waals surface area contributed by atoms with Crippen LogP contribution in [0.1, 0.15) is 246 Å². The van der Waals surface area contributed by atoms with Crippen molar-refractivity contribution in [3.63, 3.8) is 0 Å². The van der Waals surface area contributed by atoms with E-state index in [-0.39, 0.29) is 41.3 Å². The molecule has 5 saturated carbocycles. The summed E-state index contributed by atoms with van der Waals surface area (Å²) >= 11 is 0. The average Bonchev–Trinajstić information content (AvgIpc) is 1.64. The van der Waals surface area contributed by atoms with Gasteiger partial charge in [0.15, 0.2) is 5.78 Å². The van der Waals surface area contributed by atoms with Crippen LogP contribution in [0.2, 0.25) is 0 Å². The number of nitrogens with zero attached hydrogens (tertiary/aromatic N) is 1. The summed E-state index contributed by atoms with van der Waals surface area (Å²) in [5, 5.41) is 43.7. The van der Waals surface area contributed by atoms with E-state index in [1.807, 2.05) is 20.9 Å². The number of aliphatic hydroxyl groups is 3. The Morgan fingerprint density at radius 3 is 2.37 bits per heavy atom. The topological polar surface area (TPSA) is 182 Å². The second-order valence-electron chi connectivity index (χ2n) is 33.2. The second kappa shape index (κ2) is 20.2. The molecule has 2 saturated heterocycles. The molecule has 87 heavy (non-hydrogen) atoms. The van der Waals surface area contributed by atoms with Crippen LogP contribution in [0.15, 0.2) is 47.9 Å². The smallest absolute Gasteiger partial charge is 0.160 e. The highest BCUT2D eigenvalue weighted by atomic mass is 16.6. The lowest BCUT2D eigenvalue weighted by molar-refractivity contribution is -0.267. The number of hydrogen-bond donors (Lipinski definition) is 6. The summed E-state index contributed by atoms with van der Waals surface area (Å²) in [6.45, 7) is 22.7. The van der Waals surface area contributed by atoms with Crippen molar-refractivity contribution in [1.82, 2.24) is 19.9 Å². The van der Waals surface area contributed by atoms with Crippen LogP contribution in [0.3, 0.4) is 0 Å². The largest absolute Gasteiger partial charge is 0.392 e. The van der Waals surface area contributed by atoms with Crippen molar-refractivity contribution < 1.29 is 39.2 Å². The number of allylic oxidation sites excluding steroid dienone is 1. The standard InChI is InChI=1S/C75H102N4O8/c1-41(2)16-17-43-32-48-49(33-46(42-14-12-11-13-15-42)34-52(48)75(85)26-30-86-31-27-75)56(63(43)82)50-39-79-40-51-57-59(69(5,36-54(81)67-68(3,4)87-67)22-18-45-38-78-61(50)62(45)79)53(80)37-72(57,8)71(7)23-20-55-70(6,25-29-76-10)66(84)58-47-21-28-77-60(47)44-19-24-74(58,35-44)73(55,9)65(71)64(51)83/h21,28,33-34,38-39,41-44,51,54-56,58,64-65,67,76-78,81,83,85H,11-20,22-27,29-32,35-37,40H2,1-10H3/t43-,44+,51-,54-,55+,56-,58-,64-,65+,67-,69+,70+,71+,72+,73-,74+/m1/s1. The molecule has 1 aromatic carbocycles. The molecule has 1 spiro atoms. The van der Waals surface area contributed by atoms with E-state index in [9.17, 15) is 15.3 Å². The summed E-state index contributed by atoms with van der Waals surface area (Å²) < 4.78 is 14.6. The summed E-state index contributed by atoms with van der Waals surface area (Å²) in [6.07, 6.45) is 20.7. The molecular weight excluding hydrogens is 1080 g/mol. The van der Waals surface area contributed by atoms with E-state index in [2.05, 4.69) is 105 Å². The van der Waals surface area contributed by atoms with Crippen molar-refractivity contribution in [1.29, 1.82) is 0 Å². The van der Waals surface area contributed by atoms with Gasteiger partial charge in [0.25, 0.3) is 0 Å². The number of epoxide rings is 1. The maximum Gasteiger partial charge on any atom is 0.160 e. The Labute approximate surface area is 516 Å². The predicted octanol–water partition coefficient (Wildman–Crippen LogP) is 13.1. The lowest BCUT2D eigenvalue weighted by Gasteiger charge is -2.76. The van der Waals surface area contributed by atoms with Gasteiger partial charge in [0.05, 0.1) is 46.3 Å². The first kappa shape index (κ1) is 59.2. The van der Waals surface area contributed by atoms with Gasteiger partial charge in [-0.05, 0) is 207 Å². The number of aryl methyl sites for hydroxylation is 1. The number of aliphatic hydroxyl groups excluding tert-OH is 2. The normalized spacial score (nSPS) is 40.4. The van der Waals surface area contributed by atoms with Gasteiger partial charge < -0.3 is 44.6 Å². The Morgan fingerprint density at radius 2 is 1.64 bits per heavy atom. The molecule has 11 aliphatic rings. The van der Waals surface area contributed by atoms with Crippen molar-refractivity contribution >= 4 is 28.4 Å². The summed E-state index contributed by atoms with van der Waals surface area (Å²) in [5.74, 6) is -0.0129. The lowest BCUT2D eigenvalue weighted by Crippen LogP contribution is -2.74. The number of nitrogens with one attached hydrogen (secondary N) is 3. The number of rotatable bonds is 12. The number of benzene rings is 1. The highest BCUT2D eigenvalue weighted by Gasteiger charge is 2.80. The molecule has 8 aliphatic carbocycles. The molecule has 0 unspecified atom stereocenters. The molecule has 470 valence electrons. The highest BCUT2D eigenvalue weighted by molar-refractivity contribution is 6.02. The predicted molar refractivity (Wildman–Crippen MR) is 338 cm³/mol. The van der Waals surface area contributed by atoms with Crippen LogP contribution in [0.4, 0.5) is 0 Å². The van der Waals surface area contributed by atoms with Crippen LogP contribution < -0.4 is 5.32 Å². The number of Topliss-reactive ketones (excluding diaryl/α,β-unsaturated/α-hetero) is 3. The van der Waals surface area contributed by atoms with E-state index >= 15 is 14.4 Å². The number of ether oxygens (including phenoxy) is 2. The third-order valence-corrected chi connectivity index (χ3v) is 28.1. The molecule has 6 heterocycles. The van der Waals surface area contributed by atoms with Crippen LogP contribution in [0, 0.1) is 62.1 Å². The van der Waals surface area contributed by atoms with Gasteiger partial charge in [-0.15, -0.1) is 0 Å². The fourth-order valence-corrected chi connectivity index (χ4v) is 23.6. The van der Waals surface area contributed by atoms with Gasteiger partial charge in [-0.1, -0.05) is 86.3 Å². The zero-order valence-electron chi connectivity index (χ0n) is 54.2. The van der Waals surface area contributed by atoms with Crippen molar-refractivity contribution in [2.75, 3.05) is 26.8 Å². The fraction of sp³-hybridized carbons (Fsp3) is 0.720. The molecule has 3 aromatic heterocycles. The monoisotopic (exact) mass is 1190 g/mol. The summed E-state index contributed by atoms with van der Waals surface area (Å²) in [6, 6.07) is 6.99. The molecule has 2 bridgehead atoms. The van der Waals surface area contributed by atoms with Crippen LogP contribution in [0.25, 0.3) is 11.0 Å². The molecule has 0 amide bonds. The van der Waals surface area contributed by atoms with Crippen molar-refractivity contribution in [3.05, 3.63) is 92.6 Å². The average molecular weight is 1190 g/mol. The number of aromatic amines is 2. The number of ketones is 3. The van der Waals surface area contributed by atoms with Crippen molar-refractivity contribution in [2.24, 2.45) is 62.1 Å². The molecule has 16 atom stereocenters. The minimum atomic E-state index is -1.06. The lowest BCUT2D eigenvalue weighted by atomic mass is 9.28. The first-order chi connectivity index (χ1) is 41.4. The molecule has 3 aliphatic heterocycles. The summed E-state index contributed by atoms with van der Waals surface area (Å²) in [7, 11) is 2.00. The van der Waals surface area contributed by atoms with E-state index in [1.54, 1.807) is 0 Å². The first-order valence-corrected chi connectivity index (χ1v) is 34.8. The Balaban J connectivity index is 0.946. The minimum Gasteiger partial charge on any atom is -0.392 e. The van der Waals surface area contributed by atoms with Crippen LogP contribution in [-0.4, -0.2) is 97.9 Å². The highest BCUT2D eigenvalue weighted by Crippen LogP contribution is 2.84. The maximum absolute atomic E-state index is 16.2. The third kappa shape index (κ3) is 8.16. The third-order valence-electron chi connectivity index (χ3n) is 28.1. The van der Waals surface area contributed by atoms with Crippen molar-refractivity contribution in [3.8, 4) is 0 Å². The molecule has 0 radical (unpaired) electrons. The fourth-order valence-electron chi connectivity index (χ4n) is 23.6. The van der Waals surface area contributed by atoms with Gasteiger partial charge in [-0.2, -0.15) is 0 Å². The number of H-pyrrole nitrogens is 2. The van der Waals surface area contributed by atoms with E-state index in [1.165, 1.54) is 36.1 Å². The van der Waals surface area contributed by atoms with Crippen LogP contribution in [-0.2, 0) is 48.8 Å². The molecule has 12 nitrogen and oxygen atoms in total.